The normalized spacial score (nSPS) is 22.9. The van der Waals surface area contributed by atoms with Gasteiger partial charge in [-0.15, -0.1) is 0 Å². The lowest BCUT2D eigenvalue weighted by Gasteiger charge is -2.47. The first kappa shape index (κ1) is 8.49. The molecule has 1 nitrogen and oxygen atoms in total. The Balaban J connectivity index is 2.17. The van der Waals surface area contributed by atoms with E-state index in [1.54, 1.807) is 5.56 Å². The summed E-state index contributed by atoms with van der Waals surface area (Å²) in [5.74, 6) is 0. The fraction of sp³-hybridized carbons (Fsp3) is 0.538. The fourth-order valence-electron chi connectivity index (χ4n) is 3.19. The Hall–Kier alpha value is -0.820. The van der Waals surface area contributed by atoms with Crippen molar-refractivity contribution in [2.24, 2.45) is 0 Å². The predicted molar refractivity (Wildman–Crippen MR) is 58.4 cm³/mol. The molecule has 0 saturated heterocycles. The van der Waals surface area contributed by atoms with Crippen LogP contribution in [0.4, 0.5) is 0 Å². The summed E-state index contributed by atoms with van der Waals surface area (Å²) >= 11 is 0. The number of fused-ring (bicyclic) bond motifs is 2. The third-order valence-electron chi connectivity index (χ3n) is 3.98. The van der Waals surface area contributed by atoms with Crippen molar-refractivity contribution in [3.8, 4) is 0 Å². The van der Waals surface area contributed by atoms with E-state index in [9.17, 15) is 0 Å². The summed E-state index contributed by atoms with van der Waals surface area (Å²) < 4.78 is 0. The van der Waals surface area contributed by atoms with E-state index in [-0.39, 0.29) is 0 Å². The Morgan fingerprint density at radius 3 is 2.86 bits per heavy atom. The highest BCUT2D eigenvalue weighted by Crippen LogP contribution is 2.47. The van der Waals surface area contributed by atoms with Crippen LogP contribution in [0.15, 0.2) is 18.2 Å². The molecule has 2 aliphatic rings. The highest BCUT2D eigenvalue weighted by molar-refractivity contribution is 5.44. The van der Waals surface area contributed by atoms with Gasteiger partial charge in [0, 0.05) is 18.5 Å². The first-order valence-corrected chi connectivity index (χ1v) is 5.62. The quantitative estimate of drug-likeness (QED) is 0.658. The van der Waals surface area contributed by atoms with Crippen LogP contribution in [-0.2, 0) is 12.0 Å². The average molecular weight is 187 g/mol. The number of benzene rings is 1. The largest absolute Gasteiger partial charge is 0.312 e. The molecular weight excluding hydrogens is 170 g/mol. The van der Waals surface area contributed by atoms with E-state index in [0.717, 1.165) is 6.54 Å². The van der Waals surface area contributed by atoms with Gasteiger partial charge in [-0.25, -0.2) is 0 Å². The van der Waals surface area contributed by atoms with Crippen molar-refractivity contribution >= 4 is 0 Å². The minimum Gasteiger partial charge on any atom is -0.312 e. The summed E-state index contributed by atoms with van der Waals surface area (Å²) in [6.45, 7) is 4.54. The van der Waals surface area contributed by atoms with Gasteiger partial charge in [-0.2, -0.15) is 0 Å². The Labute approximate surface area is 85.5 Å². The van der Waals surface area contributed by atoms with Crippen LogP contribution < -0.4 is 5.32 Å². The molecule has 74 valence electrons. The van der Waals surface area contributed by atoms with E-state index in [1.807, 2.05) is 0 Å². The summed E-state index contributed by atoms with van der Waals surface area (Å²) in [6.07, 6.45) is 4.19. The molecule has 0 bridgehead atoms. The molecule has 3 rings (SSSR count). The Kier molecular flexibility index (Phi) is 1.72. The highest BCUT2D eigenvalue weighted by atomic mass is 14.9. The zero-order valence-electron chi connectivity index (χ0n) is 8.77. The van der Waals surface area contributed by atoms with Gasteiger partial charge in [0.25, 0.3) is 0 Å². The molecule has 0 aromatic heterocycles. The smallest absolute Gasteiger partial charge is 0.0208 e. The minimum absolute atomic E-state index is 0.513. The van der Waals surface area contributed by atoms with E-state index in [4.69, 9.17) is 0 Å². The van der Waals surface area contributed by atoms with Gasteiger partial charge in [0.05, 0.1) is 0 Å². The van der Waals surface area contributed by atoms with Crippen LogP contribution in [0.1, 0.15) is 36.0 Å². The molecule has 1 saturated carbocycles. The number of aryl methyl sites for hydroxylation is 1. The van der Waals surface area contributed by atoms with Crippen LogP contribution in [-0.4, -0.2) is 6.54 Å². The molecule has 1 fully saturated rings. The maximum atomic E-state index is 3.56. The van der Waals surface area contributed by atoms with Crippen molar-refractivity contribution in [1.29, 1.82) is 0 Å². The van der Waals surface area contributed by atoms with Crippen molar-refractivity contribution in [3.05, 3.63) is 34.9 Å². The van der Waals surface area contributed by atoms with E-state index in [0.29, 0.717) is 5.41 Å². The summed E-state index contributed by atoms with van der Waals surface area (Å²) in [5.41, 5.74) is 5.23. The van der Waals surface area contributed by atoms with Gasteiger partial charge in [0.1, 0.15) is 0 Å². The summed E-state index contributed by atoms with van der Waals surface area (Å²) in [4.78, 5) is 0. The van der Waals surface area contributed by atoms with Crippen molar-refractivity contribution in [3.63, 3.8) is 0 Å². The fourth-order valence-corrected chi connectivity index (χ4v) is 3.19. The van der Waals surface area contributed by atoms with Crippen molar-refractivity contribution in [2.45, 2.75) is 38.1 Å². The maximum Gasteiger partial charge on any atom is 0.0208 e. The molecule has 1 aliphatic heterocycles. The van der Waals surface area contributed by atoms with Gasteiger partial charge < -0.3 is 5.32 Å². The van der Waals surface area contributed by atoms with Gasteiger partial charge in [0.15, 0.2) is 0 Å². The lowest BCUT2D eigenvalue weighted by molar-refractivity contribution is 0.218. The number of hydrogen-bond acceptors (Lipinski definition) is 1. The van der Waals surface area contributed by atoms with Crippen molar-refractivity contribution < 1.29 is 0 Å². The SMILES string of the molecule is Cc1cccc2c1C1(CCC1)CNC2. The van der Waals surface area contributed by atoms with Crippen LogP contribution in [0, 0.1) is 6.92 Å². The third-order valence-corrected chi connectivity index (χ3v) is 3.98. The molecule has 0 radical (unpaired) electrons. The molecule has 1 aromatic carbocycles. The third kappa shape index (κ3) is 0.992. The molecule has 1 aromatic rings. The van der Waals surface area contributed by atoms with Crippen LogP contribution in [0.2, 0.25) is 0 Å². The zero-order valence-corrected chi connectivity index (χ0v) is 8.77. The van der Waals surface area contributed by atoms with Gasteiger partial charge >= 0.3 is 0 Å². The standard InChI is InChI=1S/C13H17N/c1-10-4-2-5-11-8-14-9-13(12(10)11)6-3-7-13/h2,4-5,14H,3,6-9H2,1H3. The predicted octanol–water partition coefficient (Wildman–Crippen LogP) is 2.52. The van der Waals surface area contributed by atoms with Gasteiger partial charge in [0.2, 0.25) is 0 Å². The molecule has 0 amide bonds. The van der Waals surface area contributed by atoms with Crippen LogP contribution in [0.5, 0.6) is 0 Å². The molecule has 14 heavy (non-hydrogen) atoms. The highest BCUT2D eigenvalue weighted by Gasteiger charge is 2.42. The molecule has 1 aliphatic carbocycles. The van der Waals surface area contributed by atoms with E-state index in [1.165, 1.54) is 36.9 Å². The molecule has 1 heteroatoms. The number of rotatable bonds is 0. The first-order chi connectivity index (χ1) is 6.82. The number of nitrogens with one attached hydrogen (secondary N) is 1. The van der Waals surface area contributed by atoms with E-state index < -0.39 is 0 Å². The average Bonchev–Trinajstić information content (AvgIpc) is 2.15. The number of hydrogen-bond donors (Lipinski definition) is 1. The second-order valence-corrected chi connectivity index (χ2v) is 4.85. The molecule has 0 atom stereocenters. The monoisotopic (exact) mass is 187 g/mol. The van der Waals surface area contributed by atoms with Gasteiger partial charge in [-0.1, -0.05) is 24.6 Å². The minimum atomic E-state index is 0.513. The van der Waals surface area contributed by atoms with Gasteiger partial charge in [-0.3, -0.25) is 0 Å². The van der Waals surface area contributed by atoms with Gasteiger partial charge in [-0.05, 0) is 36.5 Å². The lowest BCUT2D eigenvalue weighted by atomic mass is 9.61. The second-order valence-electron chi connectivity index (χ2n) is 4.85. The lowest BCUT2D eigenvalue weighted by Crippen LogP contribution is -2.48. The molecule has 1 N–H and O–H groups in total. The second kappa shape index (κ2) is 2.83. The van der Waals surface area contributed by atoms with Crippen LogP contribution in [0.3, 0.4) is 0 Å². The Morgan fingerprint density at radius 1 is 1.29 bits per heavy atom. The maximum absolute atomic E-state index is 3.56. The topological polar surface area (TPSA) is 12.0 Å². The van der Waals surface area contributed by atoms with Crippen LogP contribution in [0.25, 0.3) is 0 Å². The van der Waals surface area contributed by atoms with Crippen molar-refractivity contribution in [1.82, 2.24) is 5.32 Å². The molecular formula is C13H17N. The summed E-state index contributed by atoms with van der Waals surface area (Å²) in [6, 6.07) is 6.74. The Bertz CT molecular complexity index is 363. The first-order valence-electron chi connectivity index (χ1n) is 5.62. The van der Waals surface area contributed by atoms with Crippen LogP contribution >= 0.6 is 0 Å². The Morgan fingerprint density at radius 2 is 2.14 bits per heavy atom. The summed E-state index contributed by atoms with van der Waals surface area (Å²) in [5, 5.41) is 3.56. The van der Waals surface area contributed by atoms with E-state index >= 15 is 0 Å². The molecule has 1 heterocycles. The summed E-state index contributed by atoms with van der Waals surface area (Å²) in [7, 11) is 0. The zero-order chi connectivity index (χ0) is 9.60. The van der Waals surface area contributed by atoms with E-state index in [2.05, 4.69) is 30.4 Å². The van der Waals surface area contributed by atoms with Crippen molar-refractivity contribution in [2.75, 3.05) is 6.54 Å². The molecule has 1 spiro atoms. The molecule has 0 unspecified atom stereocenters.